The van der Waals surface area contributed by atoms with Gasteiger partial charge in [0.25, 0.3) is 0 Å². The molecule has 0 atom stereocenters. The van der Waals surface area contributed by atoms with Crippen LogP contribution in [0.4, 0.5) is 0 Å². The molecule has 5 heteroatoms. The average molecular weight is 294 g/mol. The molecule has 0 unspecified atom stereocenters. The lowest BCUT2D eigenvalue weighted by Crippen LogP contribution is -2.11. The number of nitrogens with zero attached hydrogens (tertiary/aromatic N) is 1. The number of fused-ring (bicyclic) bond motifs is 1. The van der Waals surface area contributed by atoms with E-state index < -0.39 is 5.97 Å². The Balaban J connectivity index is 2.72. The van der Waals surface area contributed by atoms with Gasteiger partial charge in [0, 0.05) is 10.8 Å². The summed E-state index contributed by atoms with van der Waals surface area (Å²) < 4.78 is 10.6. The van der Waals surface area contributed by atoms with E-state index in [1.165, 1.54) is 0 Å². The van der Waals surface area contributed by atoms with Crippen molar-refractivity contribution in [3.8, 4) is 5.88 Å². The molecule has 1 aromatic carbocycles. The summed E-state index contributed by atoms with van der Waals surface area (Å²) in [4.78, 5) is 16.5. The first-order valence-electron chi connectivity index (χ1n) is 6.50. The van der Waals surface area contributed by atoms with Gasteiger partial charge in [0.05, 0.1) is 30.4 Å². The Kier molecular flexibility index (Phi) is 4.79. The lowest BCUT2D eigenvalue weighted by Gasteiger charge is -2.13. The van der Waals surface area contributed by atoms with Gasteiger partial charge in [-0.05, 0) is 19.9 Å². The molecule has 20 heavy (non-hydrogen) atoms. The lowest BCUT2D eigenvalue weighted by molar-refractivity contribution is 0.0527. The molecule has 0 spiro atoms. The Morgan fingerprint density at radius 3 is 2.50 bits per heavy atom. The summed E-state index contributed by atoms with van der Waals surface area (Å²) in [6, 6.07) is 7.45. The number of benzene rings is 1. The molecule has 0 N–H and O–H groups in total. The first-order valence-corrected chi connectivity index (χ1v) is 7.03. The van der Waals surface area contributed by atoms with Crippen LogP contribution in [-0.2, 0) is 10.6 Å². The number of halogens is 1. The predicted octanol–water partition coefficient (Wildman–Crippen LogP) is 3.55. The SMILES string of the molecule is CCOC(=O)c1c(CCl)nc(OCC)c2ccccc12. The predicted molar refractivity (Wildman–Crippen MR) is 78.4 cm³/mol. The zero-order chi connectivity index (χ0) is 14.5. The fourth-order valence-corrected chi connectivity index (χ4v) is 2.25. The van der Waals surface area contributed by atoms with Crippen molar-refractivity contribution < 1.29 is 14.3 Å². The van der Waals surface area contributed by atoms with Gasteiger partial charge in [-0.1, -0.05) is 18.2 Å². The van der Waals surface area contributed by atoms with Crippen molar-refractivity contribution in [3.63, 3.8) is 0 Å². The fraction of sp³-hybridized carbons (Fsp3) is 0.333. The molecule has 0 aliphatic heterocycles. The maximum Gasteiger partial charge on any atom is 0.340 e. The highest BCUT2D eigenvalue weighted by Crippen LogP contribution is 2.30. The third-order valence-corrected chi connectivity index (χ3v) is 3.09. The average Bonchev–Trinajstić information content (AvgIpc) is 2.47. The van der Waals surface area contributed by atoms with Crippen LogP contribution in [0.5, 0.6) is 5.88 Å². The van der Waals surface area contributed by atoms with Crippen LogP contribution in [0.1, 0.15) is 29.9 Å². The molecule has 2 rings (SSSR count). The Labute approximate surface area is 122 Å². The lowest BCUT2D eigenvalue weighted by atomic mass is 10.0. The zero-order valence-electron chi connectivity index (χ0n) is 11.5. The second kappa shape index (κ2) is 6.57. The number of esters is 1. The first kappa shape index (κ1) is 14.6. The topological polar surface area (TPSA) is 48.4 Å². The maximum atomic E-state index is 12.1. The van der Waals surface area contributed by atoms with Gasteiger partial charge in [0.15, 0.2) is 0 Å². The van der Waals surface area contributed by atoms with Crippen LogP contribution in [-0.4, -0.2) is 24.2 Å². The largest absolute Gasteiger partial charge is 0.478 e. The second-order valence-electron chi connectivity index (χ2n) is 4.07. The van der Waals surface area contributed by atoms with Crippen molar-refractivity contribution in [1.29, 1.82) is 0 Å². The molecule has 0 saturated carbocycles. The van der Waals surface area contributed by atoms with Crippen LogP contribution in [0.15, 0.2) is 24.3 Å². The van der Waals surface area contributed by atoms with Crippen LogP contribution in [0, 0.1) is 0 Å². The number of carbonyl (C=O) groups is 1. The number of aromatic nitrogens is 1. The van der Waals surface area contributed by atoms with Gasteiger partial charge in [-0.3, -0.25) is 0 Å². The minimum atomic E-state index is -0.408. The number of carbonyl (C=O) groups excluding carboxylic acids is 1. The highest BCUT2D eigenvalue weighted by molar-refractivity contribution is 6.18. The molecule has 2 aromatic rings. The second-order valence-corrected chi connectivity index (χ2v) is 4.34. The molecule has 0 aliphatic rings. The number of alkyl halides is 1. The van der Waals surface area contributed by atoms with Crippen LogP contribution < -0.4 is 4.74 Å². The van der Waals surface area contributed by atoms with Gasteiger partial charge >= 0.3 is 5.97 Å². The fourth-order valence-electron chi connectivity index (χ4n) is 2.06. The molecule has 0 saturated heterocycles. The van der Waals surface area contributed by atoms with E-state index in [1.807, 2.05) is 31.2 Å². The minimum Gasteiger partial charge on any atom is -0.478 e. The first-order chi connectivity index (χ1) is 9.72. The van der Waals surface area contributed by atoms with Crippen molar-refractivity contribution >= 4 is 28.3 Å². The summed E-state index contributed by atoms with van der Waals surface area (Å²) in [7, 11) is 0. The van der Waals surface area contributed by atoms with Gasteiger partial charge in [-0.15, -0.1) is 11.6 Å². The monoisotopic (exact) mass is 293 g/mol. The smallest absolute Gasteiger partial charge is 0.340 e. The third-order valence-electron chi connectivity index (χ3n) is 2.84. The number of hydrogen-bond donors (Lipinski definition) is 0. The number of hydrogen-bond acceptors (Lipinski definition) is 4. The van der Waals surface area contributed by atoms with E-state index in [0.717, 1.165) is 10.8 Å². The normalized spacial score (nSPS) is 10.6. The molecular formula is C15H16ClNO3. The molecule has 1 heterocycles. The standard InChI is InChI=1S/C15H16ClNO3/c1-3-19-14-11-8-6-5-7-10(11)13(12(9-16)17-14)15(18)20-4-2/h5-8H,3-4,9H2,1-2H3. The summed E-state index contributed by atoms with van der Waals surface area (Å²) in [5.41, 5.74) is 0.896. The summed E-state index contributed by atoms with van der Waals surface area (Å²) in [5.74, 6) is 0.209. The maximum absolute atomic E-state index is 12.1. The Morgan fingerprint density at radius 1 is 1.20 bits per heavy atom. The number of ether oxygens (including phenoxy) is 2. The van der Waals surface area contributed by atoms with Crippen LogP contribution in [0.3, 0.4) is 0 Å². The van der Waals surface area contributed by atoms with E-state index in [4.69, 9.17) is 21.1 Å². The molecule has 1 aromatic heterocycles. The Morgan fingerprint density at radius 2 is 1.90 bits per heavy atom. The van der Waals surface area contributed by atoms with Gasteiger partial charge in [0.1, 0.15) is 0 Å². The molecule has 0 fully saturated rings. The number of pyridine rings is 1. The summed E-state index contributed by atoms with van der Waals surface area (Å²) >= 11 is 5.92. The Hall–Kier alpha value is -1.81. The van der Waals surface area contributed by atoms with Crippen LogP contribution in [0.2, 0.25) is 0 Å². The molecule has 4 nitrogen and oxygen atoms in total. The molecule has 106 valence electrons. The van der Waals surface area contributed by atoms with E-state index in [9.17, 15) is 4.79 Å². The molecule has 0 amide bonds. The van der Waals surface area contributed by atoms with Crippen molar-refractivity contribution in [3.05, 3.63) is 35.5 Å². The number of rotatable bonds is 5. The zero-order valence-corrected chi connectivity index (χ0v) is 12.2. The van der Waals surface area contributed by atoms with Gasteiger partial charge in [-0.25, -0.2) is 9.78 Å². The molecular weight excluding hydrogens is 278 g/mol. The van der Waals surface area contributed by atoms with Gasteiger partial charge in [-0.2, -0.15) is 0 Å². The summed E-state index contributed by atoms with van der Waals surface area (Å²) in [6.07, 6.45) is 0. The van der Waals surface area contributed by atoms with E-state index >= 15 is 0 Å². The highest BCUT2D eigenvalue weighted by Gasteiger charge is 2.20. The quantitative estimate of drug-likeness (QED) is 0.625. The van der Waals surface area contributed by atoms with E-state index in [-0.39, 0.29) is 5.88 Å². The van der Waals surface area contributed by atoms with Crippen molar-refractivity contribution in [2.24, 2.45) is 0 Å². The van der Waals surface area contributed by atoms with Gasteiger partial charge in [0.2, 0.25) is 5.88 Å². The van der Waals surface area contributed by atoms with Gasteiger partial charge < -0.3 is 9.47 Å². The van der Waals surface area contributed by atoms with E-state index in [1.54, 1.807) is 6.92 Å². The Bertz CT molecular complexity index is 628. The molecule has 0 bridgehead atoms. The minimum absolute atomic E-state index is 0.124. The summed E-state index contributed by atoms with van der Waals surface area (Å²) in [5, 5.41) is 1.53. The molecule has 0 radical (unpaired) electrons. The van der Waals surface area contributed by atoms with E-state index in [2.05, 4.69) is 4.98 Å². The van der Waals surface area contributed by atoms with Crippen molar-refractivity contribution in [2.75, 3.05) is 13.2 Å². The van der Waals surface area contributed by atoms with E-state index in [0.29, 0.717) is 30.4 Å². The van der Waals surface area contributed by atoms with Crippen molar-refractivity contribution in [2.45, 2.75) is 19.7 Å². The van der Waals surface area contributed by atoms with Crippen LogP contribution in [0.25, 0.3) is 10.8 Å². The van der Waals surface area contributed by atoms with Crippen molar-refractivity contribution in [1.82, 2.24) is 4.98 Å². The summed E-state index contributed by atoms with van der Waals surface area (Å²) in [6.45, 7) is 4.46. The highest BCUT2D eigenvalue weighted by atomic mass is 35.5. The van der Waals surface area contributed by atoms with Crippen LogP contribution >= 0.6 is 11.6 Å². The molecule has 0 aliphatic carbocycles. The third kappa shape index (κ3) is 2.70.